The van der Waals surface area contributed by atoms with E-state index in [4.69, 9.17) is 5.73 Å². The Morgan fingerprint density at radius 2 is 2.27 bits per heavy atom. The van der Waals surface area contributed by atoms with E-state index in [2.05, 4.69) is 15.2 Å². The number of halogens is 1. The predicted molar refractivity (Wildman–Crippen MR) is 54.4 cm³/mol. The lowest BCUT2D eigenvalue weighted by molar-refractivity contribution is 0.628. The molecule has 1 aromatic carbocycles. The van der Waals surface area contributed by atoms with Crippen LogP contribution in [0.5, 0.6) is 0 Å². The van der Waals surface area contributed by atoms with Gasteiger partial charge in [-0.25, -0.2) is 9.37 Å². The quantitative estimate of drug-likeness (QED) is 0.784. The molecule has 0 saturated carbocycles. The van der Waals surface area contributed by atoms with Gasteiger partial charge in [-0.15, -0.1) is 0 Å². The molecule has 0 radical (unpaired) electrons. The minimum absolute atomic E-state index is 0.209. The number of H-pyrrole nitrogens is 1. The first-order valence-corrected chi connectivity index (χ1v) is 4.60. The molecule has 15 heavy (non-hydrogen) atoms. The molecule has 3 N–H and O–H groups in total. The topological polar surface area (TPSA) is 67.6 Å². The fraction of sp³-hybridized carbons (Fsp3) is 0.200. The SMILES string of the molecule is CC(N)c1nc(-c2cccc(F)c2)n[nH]1. The average molecular weight is 206 g/mol. The second-order valence-corrected chi connectivity index (χ2v) is 3.34. The summed E-state index contributed by atoms with van der Waals surface area (Å²) >= 11 is 0. The summed E-state index contributed by atoms with van der Waals surface area (Å²) in [6.07, 6.45) is 0. The van der Waals surface area contributed by atoms with Gasteiger partial charge in [-0.2, -0.15) is 5.10 Å². The molecule has 0 amide bonds. The summed E-state index contributed by atoms with van der Waals surface area (Å²) in [6, 6.07) is 5.92. The highest BCUT2D eigenvalue weighted by Crippen LogP contribution is 2.16. The molecule has 1 heterocycles. The molecule has 0 saturated heterocycles. The Balaban J connectivity index is 2.37. The summed E-state index contributed by atoms with van der Waals surface area (Å²) in [5.74, 6) is 0.746. The van der Waals surface area contributed by atoms with Crippen LogP contribution in [0.2, 0.25) is 0 Å². The Morgan fingerprint density at radius 3 is 2.87 bits per heavy atom. The summed E-state index contributed by atoms with van der Waals surface area (Å²) in [7, 11) is 0. The maximum atomic E-state index is 12.9. The van der Waals surface area contributed by atoms with Gasteiger partial charge in [0.05, 0.1) is 6.04 Å². The van der Waals surface area contributed by atoms with Crippen LogP contribution in [0.25, 0.3) is 11.4 Å². The number of hydrogen-bond acceptors (Lipinski definition) is 3. The van der Waals surface area contributed by atoms with Gasteiger partial charge in [0.1, 0.15) is 11.6 Å². The van der Waals surface area contributed by atoms with Gasteiger partial charge in [-0.3, -0.25) is 5.10 Å². The average Bonchev–Trinajstić information content (AvgIpc) is 2.66. The summed E-state index contributed by atoms with van der Waals surface area (Å²) in [4.78, 5) is 4.16. The molecule has 78 valence electrons. The summed E-state index contributed by atoms with van der Waals surface area (Å²) < 4.78 is 12.9. The first-order chi connectivity index (χ1) is 7.16. The van der Waals surface area contributed by atoms with Crippen LogP contribution in [-0.2, 0) is 0 Å². The maximum absolute atomic E-state index is 12.9. The van der Waals surface area contributed by atoms with E-state index < -0.39 is 0 Å². The Bertz CT molecular complexity index is 464. The lowest BCUT2D eigenvalue weighted by Gasteiger charge is -1.96. The van der Waals surface area contributed by atoms with Crippen LogP contribution in [0.15, 0.2) is 24.3 Å². The highest BCUT2D eigenvalue weighted by molar-refractivity contribution is 5.54. The minimum atomic E-state index is -0.306. The molecule has 1 atom stereocenters. The largest absolute Gasteiger partial charge is 0.322 e. The first-order valence-electron chi connectivity index (χ1n) is 4.60. The fourth-order valence-electron chi connectivity index (χ4n) is 1.23. The Morgan fingerprint density at radius 1 is 1.47 bits per heavy atom. The number of aromatic amines is 1. The molecule has 0 fully saturated rings. The van der Waals surface area contributed by atoms with E-state index in [0.717, 1.165) is 0 Å². The summed E-state index contributed by atoms with van der Waals surface area (Å²) in [6.45, 7) is 1.80. The molecule has 0 bridgehead atoms. The monoisotopic (exact) mass is 206 g/mol. The summed E-state index contributed by atoms with van der Waals surface area (Å²) in [5.41, 5.74) is 6.26. The number of nitrogens with two attached hydrogens (primary N) is 1. The van der Waals surface area contributed by atoms with Crippen LogP contribution >= 0.6 is 0 Å². The van der Waals surface area contributed by atoms with Gasteiger partial charge in [0, 0.05) is 5.56 Å². The highest BCUT2D eigenvalue weighted by atomic mass is 19.1. The zero-order chi connectivity index (χ0) is 10.8. The van der Waals surface area contributed by atoms with Gasteiger partial charge >= 0.3 is 0 Å². The van der Waals surface area contributed by atoms with E-state index in [0.29, 0.717) is 17.2 Å². The molecule has 2 aromatic rings. The van der Waals surface area contributed by atoms with Crippen LogP contribution in [0.3, 0.4) is 0 Å². The van der Waals surface area contributed by atoms with Crippen molar-refractivity contribution in [2.45, 2.75) is 13.0 Å². The zero-order valence-corrected chi connectivity index (χ0v) is 8.24. The first kappa shape index (κ1) is 9.79. The number of hydrogen-bond donors (Lipinski definition) is 2. The third-order valence-corrected chi connectivity index (χ3v) is 2.02. The second-order valence-electron chi connectivity index (χ2n) is 3.34. The smallest absolute Gasteiger partial charge is 0.181 e. The molecule has 1 unspecified atom stereocenters. The molecule has 0 aliphatic heterocycles. The zero-order valence-electron chi connectivity index (χ0n) is 8.24. The van der Waals surface area contributed by atoms with Gasteiger partial charge in [-0.05, 0) is 19.1 Å². The van der Waals surface area contributed by atoms with Crippen molar-refractivity contribution in [1.82, 2.24) is 15.2 Å². The number of nitrogens with zero attached hydrogens (tertiary/aromatic N) is 2. The van der Waals surface area contributed by atoms with E-state index in [1.54, 1.807) is 19.1 Å². The number of benzene rings is 1. The van der Waals surface area contributed by atoms with Crippen molar-refractivity contribution in [1.29, 1.82) is 0 Å². The van der Waals surface area contributed by atoms with E-state index in [1.807, 2.05) is 0 Å². The normalized spacial score (nSPS) is 12.7. The Kier molecular flexibility index (Phi) is 2.47. The molecule has 0 spiro atoms. The van der Waals surface area contributed by atoms with E-state index >= 15 is 0 Å². The lowest BCUT2D eigenvalue weighted by Crippen LogP contribution is -2.06. The standard InChI is InChI=1S/C10H11FN4/c1-6(12)9-13-10(15-14-9)7-3-2-4-8(11)5-7/h2-6H,12H2,1H3,(H,13,14,15). The Labute approximate surface area is 86.3 Å². The minimum Gasteiger partial charge on any atom is -0.322 e. The third kappa shape index (κ3) is 2.02. The van der Waals surface area contributed by atoms with Gasteiger partial charge in [0.2, 0.25) is 0 Å². The number of nitrogens with one attached hydrogen (secondary N) is 1. The highest BCUT2D eigenvalue weighted by Gasteiger charge is 2.08. The number of rotatable bonds is 2. The fourth-order valence-corrected chi connectivity index (χ4v) is 1.23. The van der Waals surface area contributed by atoms with Crippen molar-refractivity contribution < 1.29 is 4.39 Å². The van der Waals surface area contributed by atoms with Crippen molar-refractivity contribution in [3.05, 3.63) is 35.9 Å². The second kappa shape index (κ2) is 3.78. The van der Waals surface area contributed by atoms with E-state index in [9.17, 15) is 4.39 Å². The van der Waals surface area contributed by atoms with Crippen LogP contribution in [0, 0.1) is 5.82 Å². The Hall–Kier alpha value is -1.75. The van der Waals surface area contributed by atoms with Crippen LogP contribution < -0.4 is 5.73 Å². The molecular formula is C10H11FN4. The van der Waals surface area contributed by atoms with Crippen molar-refractivity contribution in [2.75, 3.05) is 0 Å². The summed E-state index contributed by atoms with van der Waals surface area (Å²) in [5, 5.41) is 6.68. The van der Waals surface area contributed by atoms with E-state index in [1.165, 1.54) is 12.1 Å². The van der Waals surface area contributed by atoms with Gasteiger partial charge < -0.3 is 5.73 Å². The molecule has 0 aliphatic carbocycles. The van der Waals surface area contributed by atoms with Gasteiger partial charge in [-0.1, -0.05) is 12.1 Å². The molecule has 1 aromatic heterocycles. The van der Waals surface area contributed by atoms with Crippen molar-refractivity contribution in [3.63, 3.8) is 0 Å². The molecule has 0 aliphatic rings. The maximum Gasteiger partial charge on any atom is 0.181 e. The molecule has 2 rings (SSSR count). The molecule has 4 nitrogen and oxygen atoms in total. The molecular weight excluding hydrogens is 195 g/mol. The van der Waals surface area contributed by atoms with Gasteiger partial charge in [0.25, 0.3) is 0 Å². The van der Waals surface area contributed by atoms with Crippen molar-refractivity contribution in [2.24, 2.45) is 5.73 Å². The molecule has 5 heteroatoms. The third-order valence-electron chi connectivity index (χ3n) is 2.02. The lowest BCUT2D eigenvalue weighted by atomic mass is 10.2. The van der Waals surface area contributed by atoms with Crippen molar-refractivity contribution in [3.8, 4) is 11.4 Å². The van der Waals surface area contributed by atoms with Crippen molar-refractivity contribution >= 4 is 0 Å². The predicted octanol–water partition coefficient (Wildman–Crippen LogP) is 1.63. The van der Waals surface area contributed by atoms with Gasteiger partial charge in [0.15, 0.2) is 5.82 Å². The number of aromatic nitrogens is 3. The van der Waals surface area contributed by atoms with Crippen LogP contribution in [-0.4, -0.2) is 15.2 Å². The van der Waals surface area contributed by atoms with Crippen LogP contribution in [0.4, 0.5) is 4.39 Å². The van der Waals surface area contributed by atoms with E-state index in [-0.39, 0.29) is 11.9 Å². The van der Waals surface area contributed by atoms with Crippen LogP contribution in [0.1, 0.15) is 18.8 Å².